The maximum Gasteiger partial charge on any atom is 0.0773 e. The number of nitrogens with two attached hydrogens (primary N) is 1. The number of rotatable bonds is 4. The molecule has 102 valence electrons. The van der Waals surface area contributed by atoms with Crippen molar-refractivity contribution in [2.75, 3.05) is 7.11 Å². The van der Waals surface area contributed by atoms with Crippen molar-refractivity contribution in [2.24, 2.45) is 11.1 Å². The highest BCUT2D eigenvalue weighted by atomic mass is 35.5. The second-order valence-electron chi connectivity index (χ2n) is 5.99. The lowest BCUT2D eigenvalue weighted by Gasteiger charge is -2.34. The molecule has 2 atom stereocenters. The van der Waals surface area contributed by atoms with E-state index in [2.05, 4.69) is 26.8 Å². The molecule has 0 aliphatic carbocycles. The number of ether oxygens (including phenoxy) is 1. The first-order valence-corrected chi connectivity index (χ1v) is 6.67. The quantitative estimate of drug-likeness (QED) is 0.907. The molecule has 1 aromatic carbocycles. The van der Waals surface area contributed by atoms with Crippen molar-refractivity contribution in [1.29, 1.82) is 0 Å². The first kappa shape index (κ1) is 15.5. The molecule has 0 aromatic heterocycles. The summed E-state index contributed by atoms with van der Waals surface area (Å²) in [5.74, 6) is 0. The van der Waals surface area contributed by atoms with Gasteiger partial charge in [0.1, 0.15) is 0 Å². The van der Waals surface area contributed by atoms with Gasteiger partial charge in [0.25, 0.3) is 0 Å². The van der Waals surface area contributed by atoms with E-state index in [0.29, 0.717) is 0 Å². The molecule has 0 aliphatic heterocycles. The van der Waals surface area contributed by atoms with Crippen LogP contribution < -0.4 is 5.73 Å². The Balaban J connectivity index is 2.83. The Labute approximate surface area is 115 Å². The molecule has 0 radical (unpaired) electrons. The van der Waals surface area contributed by atoms with Gasteiger partial charge in [0.05, 0.1) is 6.10 Å². The minimum Gasteiger partial charge on any atom is -0.379 e. The topological polar surface area (TPSA) is 35.2 Å². The second kappa shape index (κ2) is 6.05. The van der Waals surface area contributed by atoms with E-state index in [-0.39, 0.29) is 17.6 Å². The van der Waals surface area contributed by atoms with Crippen LogP contribution in [-0.4, -0.2) is 19.3 Å². The summed E-state index contributed by atoms with van der Waals surface area (Å²) >= 11 is 6.24. The summed E-state index contributed by atoms with van der Waals surface area (Å²) in [5.41, 5.74) is 8.54. The highest BCUT2D eigenvalue weighted by Gasteiger charge is 2.30. The summed E-state index contributed by atoms with van der Waals surface area (Å²) < 4.78 is 5.54. The van der Waals surface area contributed by atoms with Crippen molar-refractivity contribution in [3.8, 4) is 0 Å². The van der Waals surface area contributed by atoms with Crippen LogP contribution in [0, 0.1) is 12.3 Å². The first-order valence-electron chi connectivity index (χ1n) is 6.29. The third-order valence-electron chi connectivity index (χ3n) is 3.16. The lowest BCUT2D eigenvalue weighted by molar-refractivity contribution is -0.00165. The van der Waals surface area contributed by atoms with Crippen LogP contribution in [0.15, 0.2) is 18.2 Å². The van der Waals surface area contributed by atoms with Crippen LogP contribution in [-0.2, 0) is 11.2 Å². The van der Waals surface area contributed by atoms with E-state index in [1.54, 1.807) is 7.11 Å². The van der Waals surface area contributed by atoms with Gasteiger partial charge in [0.2, 0.25) is 0 Å². The Hall–Kier alpha value is -0.570. The van der Waals surface area contributed by atoms with Crippen molar-refractivity contribution < 1.29 is 4.74 Å². The zero-order valence-corrected chi connectivity index (χ0v) is 12.7. The number of benzene rings is 1. The Bertz CT molecular complexity index is 398. The average Bonchev–Trinajstić information content (AvgIpc) is 2.21. The third-order valence-corrected chi connectivity index (χ3v) is 3.51. The van der Waals surface area contributed by atoms with Crippen molar-refractivity contribution in [3.63, 3.8) is 0 Å². The Kier molecular flexibility index (Phi) is 5.20. The number of methoxy groups -OCH3 is 1. The van der Waals surface area contributed by atoms with Crippen LogP contribution >= 0.6 is 11.6 Å². The molecule has 2 unspecified atom stereocenters. The normalized spacial score (nSPS) is 15.5. The Morgan fingerprint density at radius 3 is 2.39 bits per heavy atom. The molecule has 0 saturated carbocycles. The molecule has 2 nitrogen and oxygen atoms in total. The zero-order valence-electron chi connectivity index (χ0n) is 12.0. The summed E-state index contributed by atoms with van der Waals surface area (Å²) in [7, 11) is 1.71. The third kappa shape index (κ3) is 3.98. The Morgan fingerprint density at radius 2 is 1.94 bits per heavy atom. The van der Waals surface area contributed by atoms with Crippen LogP contribution in [0.2, 0.25) is 5.02 Å². The SMILES string of the molecule is COC(C(N)Cc1ccc(C)cc1Cl)C(C)(C)C. The van der Waals surface area contributed by atoms with Crippen LogP contribution in [0.1, 0.15) is 31.9 Å². The summed E-state index contributed by atoms with van der Waals surface area (Å²) in [6, 6.07) is 6.03. The van der Waals surface area contributed by atoms with Gasteiger partial charge in [-0.3, -0.25) is 0 Å². The standard InChI is InChI=1S/C15H24ClNO/c1-10-6-7-11(12(16)8-10)9-13(17)14(18-5)15(2,3)4/h6-8,13-14H,9,17H2,1-5H3. The van der Waals surface area contributed by atoms with Gasteiger partial charge >= 0.3 is 0 Å². The lowest BCUT2D eigenvalue weighted by atomic mass is 9.82. The number of hydrogen-bond acceptors (Lipinski definition) is 2. The molecule has 2 N–H and O–H groups in total. The molecule has 0 aliphatic rings. The molecule has 18 heavy (non-hydrogen) atoms. The van der Waals surface area contributed by atoms with Crippen LogP contribution in [0.3, 0.4) is 0 Å². The van der Waals surface area contributed by atoms with Crippen LogP contribution in [0.5, 0.6) is 0 Å². The summed E-state index contributed by atoms with van der Waals surface area (Å²) in [5, 5.41) is 0.786. The molecule has 0 amide bonds. The number of aryl methyl sites for hydroxylation is 1. The maximum absolute atomic E-state index is 6.27. The summed E-state index contributed by atoms with van der Waals surface area (Å²) in [6.07, 6.45) is 0.740. The van der Waals surface area contributed by atoms with E-state index >= 15 is 0 Å². The maximum atomic E-state index is 6.27. The van der Waals surface area contributed by atoms with Gasteiger partial charge in [-0.2, -0.15) is 0 Å². The fourth-order valence-electron chi connectivity index (χ4n) is 2.35. The van der Waals surface area contributed by atoms with Gasteiger partial charge in [-0.25, -0.2) is 0 Å². The predicted octanol–water partition coefficient (Wildman–Crippen LogP) is 3.58. The molecular weight excluding hydrogens is 246 g/mol. The monoisotopic (exact) mass is 269 g/mol. The van der Waals surface area contributed by atoms with Gasteiger partial charge in [0, 0.05) is 18.2 Å². The Morgan fingerprint density at radius 1 is 1.33 bits per heavy atom. The highest BCUT2D eigenvalue weighted by molar-refractivity contribution is 6.31. The largest absolute Gasteiger partial charge is 0.379 e. The summed E-state index contributed by atoms with van der Waals surface area (Å²) in [4.78, 5) is 0. The van der Waals surface area contributed by atoms with Crippen molar-refractivity contribution in [2.45, 2.75) is 46.3 Å². The molecule has 1 aromatic rings. The van der Waals surface area contributed by atoms with Crippen molar-refractivity contribution in [1.82, 2.24) is 0 Å². The molecule has 3 heteroatoms. The van der Waals surface area contributed by atoms with Gasteiger partial charge in [-0.1, -0.05) is 44.5 Å². The van der Waals surface area contributed by atoms with Crippen molar-refractivity contribution in [3.05, 3.63) is 34.3 Å². The van der Waals surface area contributed by atoms with Gasteiger partial charge in [0.15, 0.2) is 0 Å². The average molecular weight is 270 g/mol. The predicted molar refractivity (Wildman–Crippen MR) is 78.1 cm³/mol. The fraction of sp³-hybridized carbons (Fsp3) is 0.600. The molecule has 0 saturated heterocycles. The smallest absolute Gasteiger partial charge is 0.0773 e. The minimum absolute atomic E-state index is 0.00914. The molecular formula is C15H24ClNO. The van der Waals surface area contributed by atoms with E-state index in [1.165, 1.54) is 0 Å². The number of hydrogen-bond donors (Lipinski definition) is 1. The first-order chi connectivity index (χ1) is 8.25. The van der Waals surface area contributed by atoms with E-state index in [4.69, 9.17) is 22.1 Å². The van der Waals surface area contributed by atoms with Gasteiger partial charge < -0.3 is 10.5 Å². The van der Waals surface area contributed by atoms with Gasteiger partial charge in [-0.15, -0.1) is 0 Å². The van der Waals surface area contributed by atoms with E-state index in [0.717, 1.165) is 22.6 Å². The van der Waals surface area contributed by atoms with Gasteiger partial charge in [-0.05, 0) is 36.0 Å². The van der Waals surface area contributed by atoms with E-state index in [1.807, 2.05) is 19.1 Å². The molecule has 0 heterocycles. The summed E-state index contributed by atoms with van der Waals surface area (Å²) in [6.45, 7) is 8.44. The second-order valence-corrected chi connectivity index (χ2v) is 6.39. The van der Waals surface area contributed by atoms with E-state index in [9.17, 15) is 0 Å². The highest BCUT2D eigenvalue weighted by Crippen LogP contribution is 2.27. The zero-order chi connectivity index (χ0) is 13.9. The van der Waals surface area contributed by atoms with Crippen LogP contribution in [0.25, 0.3) is 0 Å². The number of halogens is 1. The van der Waals surface area contributed by atoms with E-state index < -0.39 is 0 Å². The molecule has 1 rings (SSSR count). The minimum atomic E-state index is -0.0600. The van der Waals surface area contributed by atoms with Crippen LogP contribution in [0.4, 0.5) is 0 Å². The molecule has 0 bridgehead atoms. The fourth-order valence-corrected chi connectivity index (χ4v) is 2.66. The lowest BCUT2D eigenvalue weighted by Crippen LogP contribution is -2.46. The van der Waals surface area contributed by atoms with Crippen molar-refractivity contribution >= 4 is 11.6 Å². The molecule has 0 spiro atoms. The molecule has 0 fully saturated rings.